The maximum absolute atomic E-state index is 12.1. The molecule has 2 aromatic rings. The first kappa shape index (κ1) is 17.1. The number of nitro benzene ring substituents is 1. The first-order valence-corrected chi connectivity index (χ1v) is 7.25. The number of hydrogen-bond acceptors (Lipinski definition) is 4. The van der Waals surface area contributed by atoms with Gasteiger partial charge in [0.1, 0.15) is 6.04 Å². The Kier molecular flexibility index (Phi) is 5.62. The molecule has 0 aliphatic rings. The van der Waals surface area contributed by atoms with Crippen molar-refractivity contribution >= 4 is 17.6 Å². The van der Waals surface area contributed by atoms with Crippen LogP contribution in [0.25, 0.3) is 0 Å². The molecule has 24 heavy (non-hydrogen) atoms. The lowest BCUT2D eigenvalue weighted by atomic mass is 10.1. The van der Waals surface area contributed by atoms with Crippen molar-refractivity contribution in [2.45, 2.75) is 18.9 Å². The van der Waals surface area contributed by atoms with E-state index in [-0.39, 0.29) is 18.5 Å². The van der Waals surface area contributed by atoms with Crippen LogP contribution in [0.15, 0.2) is 54.6 Å². The van der Waals surface area contributed by atoms with E-state index in [1.165, 1.54) is 18.2 Å². The molecule has 0 fully saturated rings. The first-order valence-electron chi connectivity index (χ1n) is 7.25. The van der Waals surface area contributed by atoms with Gasteiger partial charge in [0, 0.05) is 18.6 Å². The fraction of sp³-hybridized carbons (Fsp3) is 0.176. The van der Waals surface area contributed by atoms with E-state index in [0.29, 0.717) is 5.56 Å². The molecular formula is C17H16N2O5. The Bertz CT molecular complexity index is 746. The molecule has 2 aromatic carbocycles. The second kappa shape index (κ2) is 7.87. The summed E-state index contributed by atoms with van der Waals surface area (Å²) in [5.41, 5.74) is 1.13. The fourth-order valence-electron chi connectivity index (χ4n) is 2.26. The van der Waals surface area contributed by atoms with E-state index in [9.17, 15) is 24.8 Å². The minimum absolute atomic E-state index is 0.112. The van der Waals surface area contributed by atoms with Gasteiger partial charge in [-0.05, 0) is 11.1 Å². The summed E-state index contributed by atoms with van der Waals surface area (Å²) in [4.78, 5) is 33.6. The van der Waals surface area contributed by atoms with Crippen LogP contribution < -0.4 is 5.32 Å². The topological polar surface area (TPSA) is 110 Å². The van der Waals surface area contributed by atoms with Gasteiger partial charge in [0.2, 0.25) is 5.91 Å². The van der Waals surface area contributed by atoms with Gasteiger partial charge in [-0.15, -0.1) is 0 Å². The number of nitrogens with zero attached hydrogens (tertiary/aromatic N) is 1. The highest BCUT2D eigenvalue weighted by molar-refractivity contribution is 5.85. The molecule has 0 radical (unpaired) electrons. The van der Waals surface area contributed by atoms with Gasteiger partial charge in [0.15, 0.2) is 0 Å². The van der Waals surface area contributed by atoms with E-state index >= 15 is 0 Å². The summed E-state index contributed by atoms with van der Waals surface area (Å²) in [6, 6.07) is 13.6. The van der Waals surface area contributed by atoms with Crippen LogP contribution in [0.3, 0.4) is 0 Å². The number of carbonyl (C=O) groups is 2. The third-order valence-corrected chi connectivity index (χ3v) is 3.40. The second-order valence-corrected chi connectivity index (χ2v) is 5.25. The molecule has 0 heterocycles. The van der Waals surface area contributed by atoms with Crippen LogP contribution >= 0.6 is 0 Å². The molecule has 0 aromatic heterocycles. The molecule has 0 aliphatic carbocycles. The molecule has 7 nitrogen and oxygen atoms in total. The van der Waals surface area contributed by atoms with Gasteiger partial charge in [0.25, 0.3) is 5.69 Å². The molecule has 0 saturated heterocycles. The molecule has 0 saturated carbocycles. The average molecular weight is 328 g/mol. The number of benzene rings is 2. The predicted molar refractivity (Wildman–Crippen MR) is 86.5 cm³/mol. The number of rotatable bonds is 7. The highest BCUT2D eigenvalue weighted by Crippen LogP contribution is 2.13. The van der Waals surface area contributed by atoms with Gasteiger partial charge >= 0.3 is 5.97 Å². The van der Waals surface area contributed by atoms with Crippen LogP contribution in [-0.2, 0) is 22.4 Å². The van der Waals surface area contributed by atoms with Crippen molar-refractivity contribution in [2.24, 2.45) is 0 Å². The number of hydrogen-bond donors (Lipinski definition) is 2. The number of carboxylic acid groups (broad SMARTS) is 1. The Balaban J connectivity index is 2.02. The minimum atomic E-state index is -1.13. The summed E-state index contributed by atoms with van der Waals surface area (Å²) in [6.45, 7) is 0. The number of non-ortho nitro benzene ring substituents is 1. The van der Waals surface area contributed by atoms with Crippen molar-refractivity contribution in [3.05, 3.63) is 75.8 Å². The number of nitro groups is 1. The molecule has 1 atom stereocenters. The van der Waals surface area contributed by atoms with E-state index in [1.807, 2.05) is 6.07 Å². The molecule has 0 unspecified atom stereocenters. The van der Waals surface area contributed by atoms with Crippen LogP contribution in [0.1, 0.15) is 11.1 Å². The lowest BCUT2D eigenvalue weighted by molar-refractivity contribution is -0.384. The summed E-state index contributed by atoms with van der Waals surface area (Å²) in [5.74, 6) is -1.63. The lowest BCUT2D eigenvalue weighted by Gasteiger charge is -2.14. The Morgan fingerprint density at radius 2 is 1.75 bits per heavy atom. The summed E-state index contributed by atoms with van der Waals surface area (Å²) in [5, 5.41) is 22.5. The van der Waals surface area contributed by atoms with Gasteiger partial charge in [-0.3, -0.25) is 14.9 Å². The molecule has 0 aliphatic heterocycles. The van der Waals surface area contributed by atoms with Gasteiger partial charge in [-0.25, -0.2) is 4.79 Å². The van der Waals surface area contributed by atoms with Crippen LogP contribution in [0, 0.1) is 10.1 Å². The maximum atomic E-state index is 12.1. The smallest absolute Gasteiger partial charge is 0.326 e. The largest absolute Gasteiger partial charge is 0.480 e. The third kappa shape index (κ3) is 4.91. The van der Waals surface area contributed by atoms with Crippen molar-refractivity contribution in [1.29, 1.82) is 0 Å². The Hall–Kier alpha value is -3.22. The van der Waals surface area contributed by atoms with Crippen molar-refractivity contribution in [2.75, 3.05) is 0 Å². The first-order chi connectivity index (χ1) is 11.5. The van der Waals surface area contributed by atoms with Gasteiger partial charge in [-0.2, -0.15) is 0 Å². The highest BCUT2D eigenvalue weighted by atomic mass is 16.6. The van der Waals surface area contributed by atoms with E-state index in [1.54, 1.807) is 30.3 Å². The standard InChI is InChI=1S/C17H16N2O5/c20-16(11-13-7-4-8-14(9-13)19(23)24)18-15(17(21)22)10-12-5-2-1-3-6-12/h1-9,15H,10-11H2,(H,18,20)(H,21,22)/t15-/m0/s1. The number of aliphatic carboxylic acids is 1. The second-order valence-electron chi connectivity index (χ2n) is 5.25. The molecule has 0 spiro atoms. The Morgan fingerprint density at radius 1 is 1.08 bits per heavy atom. The quantitative estimate of drug-likeness (QED) is 0.596. The highest BCUT2D eigenvalue weighted by Gasteiger charge is 2.20. The fourth-order valence-corrected chi connectivity index (χ4v) is 2.26. The lowest BCUT2D eigenvalue weighted by Crippen LogP contribution is -2.43. The Labute approximate surface area is 138 Å². The summed E-state index contributed by atoms with van der Waals surface area (Å²) >= 11 is 0. The average Bonchev–Trinajstić information content (AvgIpc) is 2.55. The zero-order chi connectivity index (χ0) is 17.5. The monoisotopic (exact) mass is 328 g/mol. The predicted octanol–water partition coefficient (Wildman–Crippen LogP) is 1.95. The molecule has 0 bridgehead atoms. The Morgan fingerprint density at radius 3 is 2.38 bits per heavy atom. The van der Waals surface area contributed by atoms with Crippen LogP contribution in [-0.4, -0.2) is 27.9 Å². The number of carboxylic acids is 1. The summed E-state index contributed by atoms with van der Waals surface area (Å²) < 4.78 is 0. The molecule has 7 heteroatoms. The van der Waals surface area contributed by atoms with Crippen LogP contribution in [0.2, 0.25) is 0 Å². The third-order valence-electron chi connectivity index (χ3n) is 3.40. The zero-order valence-electron chi connectivity index (χ0n) is 12.7. The molecule has 1 amide bonds. The summed E-state index contributed by atoms with van der Waals surface area (Å²) in [7, 11) is 0. The van der Waals surface area contributed by atoms with E-state index in [4.69, 9.17) is 0 Å². The number of amides is 1. The summed E-state index contributed by atoms with van der Waals surface area (Å²) in [6.07, 6.45) is 0.0388. The van der Waals surface area contributed by atoms with Crippen LogP contribution in [0.4, 0.5) is 5.69 Å². The maximum Gasteiger partial charge on any atom is 0.326 e. The molecular weight excluding hydrogens is 312 g/mol. The van der Waals surface area contributed by atoms with E-state index < -0.39 is 22.8 Å². The SMILES string of the molecule is O=C(Cc1cccc([N+](=O)[O-])c1)N[C@@H](Cc1ccccc1)C(=O)O. The minimum Gasteiger partial charge on any atom is -0.480 e. The van der Waals surface area contributed by atoms with Crippen LogP contribution in [0.5, 0.6) is 0 Å². The molecule has 2 rings (SSSR count). The van der Waals surface area contributed by atoms with Crippen molar-refractivity contribution in [3.8, 4) is 0 Å². The van der Waals surface area contributed by atoms with Gasteiger partial charge in [-0.1, -0.05) is 42.5 Å². The van der Waals surface area contributed by atoms with Gasteiger partial charge in [0.05, 0.1) is 11.3 Å². The molecule has 2 N–H and O–H groups in total. The van der Waals surface area contributed by atoms with Crippen molar-refractivity contribution < 1.29 is 19.6 Å². The zero-order valence-corrected chi connectivity index (χ0v) is 12.7. The van der Waals surface area contributed by atoms with E-state index in [0.717, 1.165) is 5.56 Å². The van der Waals surface area contributed by atoms with Gasteiger partial charge < -0.3 is 10.4 Å². The normalized spacial score (nSPS) is 11.5. The van der Waals surface area contributed by atoms with Crippen molar-refractivity contribution in [1.82, 2.24) is 5.32 Å². The number of nitrogens with one attached hydrogen (secondary N) is 1. The number of carbonyl (C=O) groups excluding carboxylic acids is 1. The molecule has 124 valence electrons. The van der Waals surface area contributed by atoms with E-state index in [2.05, 4.69) is 5.32 Å². The van der Waals surface area contributed by atoms with Crippen molar-refractivity contribution in [3.63, 3.8) is 0 Å².